The molecule has 78 valence electrons. The van der Waals surface area contributed by atoms with Gasteiger partial charge in [0.15, 0.2) is 6.61 Å². The van der Waals surface area contributed by atoms with Crippen molar-refractivity contribution in [3.63, 3.8) is 0 Å². The van der Waals surface area contributed by atoms with Crippen LogP contribution < -0.4 is 0 Å². The van der Waals surface area contributed by atoms with Gasteiger partial charge in [-0.15, -0.1) is 10.8 Å². The lowest BCUT2D eigenvalue weighted by Gasteiger charge is -2.10. The lowest BCUT2D eigenvalue weighted by molar-refractivity contribution is -0.156. The molecule has 0 saturated carbocycles. The minimum Gasteiger partial charge on any atom is -0.279 e. The Morgan fingerprint density at radius 2 is 1.92 bits per heavy atom. The normalized spacial score (nSPS) is 16.6. The molecule has 1 unspecified atom stereocenters. The maximum atomic E-state index is 12.4. The average molecular weight is 222 g/mol. The first kappa shape index (κ1) is 12.6. The molecule has 0 aliphatic heterocycles. The Balaban J connectivity index is 3.89. The van der Waals surface area contributed by atoms with E-state index in [0.717, 1.165) is 6.08 Å². The van der Waals surface area contributed by atoms with E-state index < -0.39 is 27.3 Å². The molecule has 0 aliphatic carbocycles. The van der Waals surface area contributed by atoms with Gasteiger partial charge in [0.1, 0.15) is 0 Å². The van der Waals surface area contributed by atoms with Crippen molar-refractivity contribution >= 4 is 7.91 Å². The van der Waals surface area contributed by atoms with Gasteiger partial charge in [0.2, 0.25) is 0 Å². The molecule has 0 aliphatic rings. The Morgan fingerprint density at radius 3 is 2.31 bits per heavy atom. The predicted octanol–water partition coefficient (Wildman–Crippen LogP) is 2.85. The first-order valence-electron chi connectivity index (χ1n) is 3.03. The Morgan fingerprint density at radius 1 is 1.38 bits per heavy atom. The van der Waals surface area contributed by atoms with Crippen LogP contribution in [0, 0.1) is 0 Å². The molecule has 0 spiro atoms. The second-order valence-corrected chi connectivity index (χ2v) is 3.28. The topological polar surface area (TPSA) is 35.5 Å². The molecule has 0 fully saturated rings. The van der Waals surface area contributed by atoms with Gasteiger partial charge in [0, 0.05) is 0 Å². The smallest absolute Gasteiger partial charge is 0.279 e. The zero-order valence-electron chi connectivity index (χ0n) is 6.38. The van der Waals surface area contributed by atoms with E-state index >= 15 is 0 Å². The summed E-state index contributed by atoms with van der Waals surface area (Å²) in [6.07, 6.45) is -3.71. The first-order chi connectivity index (χ1) is 5.77. The third-order valence-corrected chi connectivity index (χ3v) is 1.62. The van der Waals surface area contributed by atoms with E-state index in [0.29, 0.717) is 0 Å². The molecule has 0 aromatic rings. The van der Waals surface area contributed by atoms with Gasteiger partial charge in [-0.25, -0.2) is 4.57 Å². The fraction of sp³-hybridized carbons (Fsp3) is 0.600. The van der Waals surface area contributed by atoms with Gasteiger partial charge in [-0.2, -0.15) is 13.2 Å². The van der Waals surface area contributed by atoms with Gasteiger partial charge in [0.25, 0.3) is 0 Å². The summed E-state index contributed by atoms with van der Waals surface area (Å²) in [6, 6.07) is 0. The molecule has 0 heterocycles. The van der Waals surface area contributed by atoms with Crippen LogP contribution in [0.25, 0.3) is 0 Å². The molecule has 0 bridgehead atoms. The maximum absolute atomic E-state index is 12.4. The lowest BCUT2D eigenvalue weighted by Crippen LogP contribution is -2.15. The van der Waals surface area contributed by atoms with E-state index in [4.69, 9.17) is 0 Å². The van der Waals surface area contributed by atoms with Crippen LogP contribution in [-0.4, -0.2) is 19.4 Å². The molecular weight excluding hydrogens is 215 g/mol. The number of halogens is 4. The fourth-order valence-corrected chi connectivity index (χ4v) is 0.988. The zero-order valence-corrected chi connectivity index (χ0v) is 7.28. The monoisotopic (exact) mass is 222 g/mol. The van der Waals surface area contributed by atoms with E-state index in [-0.39, 0.29) is 0 Å². The van der Waals surface area contributed by atoms with Crippen LogP contribution in [0.3, 0.4) is 0 Å². The van der Waals surface area contributed by atoms with Crippen LogP contribution in [0.1, 0.15) is 0 Å². The van der Waals surface area contributed by atoms with E-state index in [1.54, 1.807) is 0 Å². The van der Waals surface area contributed by atoms with Crippen molar-refractivity contribution in [1.82, 2.24) is 0 Å². The third kappa shape index (κ3) is 7.95. The summed E-state index contributed by atoms with van der Waals surface area (Å²) in [7, 11) is -5.10. The van der Waals surface area contributed by atoms with Gasteiger partial charge in [-0.3, -0.25) is 9.05 Å². The summed E-state index contributed by atoms with van der Waals surface area (Å²) in [5.74, 6) is 0. The molecule has 3 nitrogen and oxygen atoms in total. The molecule has 0 rings (SSSR count). The Hall–Kier alpha value is -0.390. The minimum atomic E-state index is -5.10. The maximum Gasteiger partial charge on any atom is 0.513 e. The van der Waals surface area contributed by atoms with E-state index in [2.05, 4.69) is 15.6 Å². The van der Waals surface area contributed by atoms with Gasteiger partial charge in [0.05, 0.1) is 6.61 Å². The zero-order chi connectivity index (χ0) is 10.5. The van der Waals surface area contributed by atoms with Crippen LogP contribution in [-0.2, 0) is 13.6 Å². The number of rotatable bonds is 5. The molecule has 0 N–H and O–H groups in total. The van der Waals surface area contributed by atoms with Crippen molar-refractivity contribution in [2.24, 2.45) is 0 Å². The van der Waals surface area contributed by atoms with Gasteiger partial charge in [-0.05, 0) is 0 Å². The highest BCUT2D eigenvalue weighted by Gasteiger charge is 2.34. The van der Waals surface area contributed by atoms with Crippen LogP contribution >= 0.6 is 7.91 Å². The van der Waals surface area contributed by atoms with Gasteiger partial charge in [-0.1, -0.05) is 6.08 Å². The van der Waals surface area contributed by atoms with Crippen LogP contribution in [0.2, 0.25) is 0 Å². The second kappa shape index (κ2) is 4.74. The second-order valence-electron chi connectivity index (χ2n) is 1.90. The van der Waals surface area contributed by atoms with Gasteiger partial charge < -0.3 is 0 Å². The molecular formula is C5H7F4O3P. The summed E-state index contributed by atoms with van der Waals surface area (Å²) in [5, 5.41) is 0. The van der Waals surface area contributed by atoms with Crippen molar-refractivity contribution < 1.29 is 31.0 Å². The summed E-state index contributed by atoms with van der Waals surface area (Å²) >= 11 is 0. The predicted molar refractivity (Wildman–Crippen MR) is 36.9 cm³/mol. The quantitative estimate of drug-likeness (QED) is 0.407. The largest absolute Gasteiger partial charge is 0.513 e. The van der Waals surface area contributed by atoms with Crippen LogP contribution in [0.5, 0.6) is 0 Å². The fourth-order valence-electron chi connectivity index (χ4n) is 0.329. The van der Waals surface area contributed by atoms with Crippen LogP contribution in [0.15, 0.2) is 12.7 Å². The molecule has 0 amide bonds. The third-order valence-electron chi connectivity index (χ3n) is 0.729. The molecule has 8 heteroatoms. The van der Waals surface area contributed by atoms with Crippen LogP contribution in [0.4, 0.5) is 17.4 Å². The average Bonchev–Trinajstić information content (AvgIpc) is 1.97. The molecule has 0 aromatic carbocycles. The van der Waals surface area contributed by atoms with Gasteiger partial charge >= 0.3 is 14.1 Å². The summed E-state index contributed by atoms with van der Waals surface area (Å²) in [5.41, 5.74) is 0. The highest BCUT2D eigenvalue weighted by molar-refractivity contribution is 7.48. The highest BCUT2D eigenvalue weighted by atomic mass is 31.2. The molecule has 0 aromatic heterocycles. The molecule has 0 radical (unpaired) electrons. The van der Waals surface area contributed by atoms with Crippen molar-refractivity contribution in [3.8, 4) is 0 Å². The Kier molecular flexibility index (Phi) is 4.60. The first-order valence-corrected chi connectivity index (χ1v) is 4.46. The van der Waals surface area contributed by atoms with E-state index in [1.165, 1.54) is 0 Å². The molecule has 1 atom stereocenters. The number of hydrogen-bond donors (Lipinski definition) is 0. The van der Waals surface area contributed by atoms with Crippen molar-refractivity contribution in [3.05, 3.63) is 12.7 Å². The Labute approximate surface area is 72.0 Å². The molecule has 0 saturated heterocycles. The van der Waals surface area contributed by atoms with E-state index in [1.807, 2.05) is 0 Å². The standard InChI is InChI=1S/C5H7F4O3P/c1-2-3-11-13(9,10)12-4-5(6,7)8/h2H,1,3-4H2. The summed E-state index contributed by atoms with van der Waals surface area (Å²) in [4.78, 5) is 0. The molecule has 13 heavy (non-hydrogen) atoms. The lowest BCUT2D eigenvalue weighted by atomic mass is 10.7. The summed E-state index contributed by atoms with van der Waals surface area (Å²) in [6.45, 7) is 0.655. The van der Waals surface area contributed by atoms with Crippen molar-refractivity contribution in [1.29, 1.82) is 0 Å². The van der Waals surface area contributed by atoms with Crippen molar-refractivity contribution in [2.45, 2.75) is 6.18 Å². The highest BCUT2D eigenvalue weighted by Crippen LogP contribution is 2.50. The van der Waals surface area contributed by atoms with E-state index in [9.17, 15) is 21.9 Å². The number of hydrogen-bond acceptors (Lipinski definition) is 3. The van der Waals surface area contributed by atoms with Crippen molar-refractivity contribution in [2.75, 3.05) is 13.2 Å². The summed E-state index contributed by atoms with van der Waals surface area (Å²) < 4.78 is 64.2. The minimum absolute atomic E-state index is 0.481. The SMILES string of the molecule is C=CCOP(=O)(F)OCC(F)(F)F. The number of alkyl halides is 3. The Bertz CT molecular complexity index is 214.